The van der Waals surface area contributed by atoms with Crippen LogP contribution in [0.15, 0.2) is 78.9 Å². The van der Waals surface area contributed by atoms with Gasteiger partial charge in [0.2, 0.25) is 5.91 Å². The van der Waals surface area contributed by atoms with Crippen LogP contribution in [0.2, 0.25) is 10.0 Å². The summed E-state index contributed by atoms with van der Waals surface area (Å²) in [7, 11) is 0. The van der Waals surface area contributed by atoms with E-state index in [9.17, 15) is 9.59 Å². The standard InChI is InChI=1S/C26H24Cl2N2O2S/c27-20-12-10-19(11-13-20)24-17-33-15-14-30(24)25(31)16-23(18-6-2-1-3-7-18)29-26(32)21-8-4-5-9-22(21)28/h1-13,23-24H,14-17H2,(H,29,32). The number of hydrogen-bond acceptors (Lipinski definition) is 3. The summed E-state index contributed by atoms with van der Waals surface area (Å²) in [6.45, 7) is 0.663. The van der Waals surface area contributed by atoms with Crippen molar-refractivity contribution in [2.75, 3.05) is 18.1 Å². The highest BCUT2D eigenvalue weighted by Crippen LogP contribution is 2.32. The molecule has 33 heavy (non-hydrogen) atoms. The summed E-state index contributed by atoms with van der Waals surface area (Å²) in [5, 5.41) is 4.08. The van der Waals surface area contributed by atoms with Gasteiger partial charge in [-0.25, -0.2) is 0 Å². The quantitative estimate of drug-likeness (QED) is 0.441. The van der Waals surface area contributed by atoms with Crippen molar-refractivity contribution in [2.45, 2.75) is 18.5 Å². The predicted molar refractivity (Wildman–Crippen MR) is 136 cm³/mol. The first-order valence-electron chi connectivity index (χ1n) is 10.8. The van der Waals surface area contributed by atoms with Crippen molar-refractivity contribution in [3.8, 4) is 0 Å². The molecule has 0 spiro atoms. The molecule has 170 valence electrons. The molecule has 0 radical (unpaired) electrons. The van der Waals surface area contributed by atoms with Crippen molar-refractivity contribution in [3.63, 3.8) is 0 Å². The van der Waals surface area contributed by atoms with E-state index in [4.69, 9.17) is 23.2 Å². The number of benzene rings is 3. The van der Waals surface area contributed by atoms with E-state index in [1.807, 2.05) is 71.3 Å². The van der Waals surface area contributed by atoms with Crippen LogP contribution in [-0.2, 0) is 4.79 Å². The molecule has 2 atom stereocenters. The number of nitrogens with zero attached hydrogens (tertiary/aromatic N) is 1. The highest BCUT2D eigenvalue weighted by atomic mass is 35.5. The highest BCUT2D eigenvalue weighted by Gasteiger charge is 2.30. The summed E-state index contributed by atoms with van der Waals surface area (Å²) in [6.07, 6.45) is 0.162. The molecule has 7 heteroatoms. The van der Waals surface area contributed by atoms with Crippen LogP contribution in [0.3, 0.4) is 0 Å². The maximum Gasteiger partial charge on any atom is 0.253 e. The predicted octanol–water partition coefficient (Wildman–Crippen LogP) is 6.17. The summed E-state index contributed by atoms with van der Waals surface area (Å²) in [6, 6.07) is 23.7. The van der Waals surface area contributed by atoms with Gasteiger partial charge in [0.15, 0.2) is 0 Å². The molecule has 0 bridgehead atoms. The monoisotopic (exact) mass is 498 g/mol. The molecule has 1 N–H and O–H groups in total. The van der Waals surface area contributed by atoms with Crippen molar-refractivity contribution >= 4 is 46.8 Å². The third kappa shape index (κ3) is 5.91. The third-order valence-corrected chi connectivity index (χ3v) is 7.31. The Bertz CT molecular complexity index is 1110. The minimum Gasteiger partial charge on any atom is -0.345 e. The van der Waals surface area contributed by atoms with Crippen LogP contribution in [0.1, 0.15) is 40.0 Å². The van der Waals surface area contributed by atoms with Crippen LogP contribution in [0.25, 0.3) is 0 Å². The van der Waals surface area contributed by atoms with Gasteiger partial charge in [-0.15, -0.1) is 0 Å². The number of nitrogens with one attached hydrogen (secondary N) is 1. The van der Waals surface area contributed by atoms with Crippen molar-refractivity contribution in [3.05, 3.63) is 106 Å². The minimum absolute atomic E-state index is 0.00330. The molecule has 4 rings (SSSR count). The van der Waals surface area contributed by atoms with Gasteiger partial charge >= 0.3 is 0 Å². The Morgan fingerprint density at radius 1 is 0.970 bits per heavy atom. The summed E-state index contributed by atoms with van der Waals surface area (Å²) in [5.74, 6) is 1.42. The Hall–Kier alpha value is -2.47. The Morgan fingerprint density at radius 2 is 1.67 bits per heavy atom. The first kappa shape index (κ1) is 23.7. The average Bonchev–Trinajstić information content (AvgIpc) is 2.85. The van der Waals surface area contributed by atoms with Crippen LogP contribution in [0.4, 0.5) is 0 Å². The van der Waals surface area contributed by atoms with Gasteiger partial charge < -0.3 is 10.2 Å². The van der Waals surface area contributed by atoms with E-state index in [-0.39, 0.29) is 24.3 Å². The normalized spacial score (nSPS) is 16.8. The molecule has 2 amide bonds. The Morgan fingerprint density at radius 3 is 2.39 bits per heavy atom. The number of rotatable bonds is 6. The molecule has 1 heterocycles. The molecule has 4 nitrogen and oxygen atoms in total. The molecular formula is C26H24Cl2N2O2S. The van der Waals surface area contributed by atoms with Gasteiger partial charge in [-0.3, -0.25) is 9.59 Å². The van der Waals surface area contributed by atoms with Crippen LogP contribution in [0.5, 0.6) is 0 Å². The van der Waals surface area contributed by atoms with Gasteiger partial charge in [0, 0.05) is 23.1 Å². The molecule has 0 aliphatic carbocycles. The van der Waals surface area contributed by atoms with Crippen molar-refractivity contribution in [2.24, 2.45) is 0 Å². The maximum atomic E-state index is 13.5. The van der Waals surface area contributed by atoms with E-state index >= 15 is 0 Å². The van der Waals surface area contributed by atoms with Crippen LogP contribution in [0, 0.1) is 0 Å². The van der Waals surface area contributed by atoms with Gasteiger partial charge in [0.25, 0.3) is 5.91 Å². The summed E-state index contributed by atoms with van der Waals surface area (Å²) >= 11 is 14.1. The molecule has 3 aromatic carbocycles. The SMILES string of the molecule is O=C(NC(CC(=O)N1CCSCC1c1ccc(Cl)cc1)c1ccccc1)c1ccccc1Cl. The lowest BCUT2D eigenvalue weighted by atomic mass is 10.0. The zero-order chi connectivity index (χ0) is 23.2. The van der Waals surface area contributed by atoms with Gasteiger partial charge in [-0.05, 0) is 35.4 Å². The van der Waals surface area contributed by atoms with Crippen LogP contribution in [-0.4, -0.2) is 34.8 Å². The number of carbonyl (C=O) groups is 2. The molecular weight excluding hydrogens is 475 g/mol. The van der Waals surface area contributed by atoms with E-state index < -0.39 is 6.04 Å². The summed E-state index contributed by atoms with van der Waals surface area (Å²) in [4.78, 5) is 28.4. The highest BCUT2D eigenvalue weighted by molar-refractivity contribution is 7.99. The van der Waals surface area contributed by atoms with Crippen molar-refractivity contribution in [1.29, 1.82) is 0 Å². The lowest BCUT2D eigenvalue weighted by molar-refractivity contribution is -0.133. The van der Waals surface area contributed by atoms with E-state index in [1.54, 1.807) is 24.3 Å². The maximum absolute atomic E-state index is 13.5. The largest absolute Gasteiger partial charge is 0.345 e. The minimum atomic E-state index is -0.470. The lowest BCUT2D eigenvalue weighted by Crippen LogP contribution is -2.42. The second kappa shape index (κ2) is 11.1. The van der Waals surface area contributed by atoms with Gasteiger partial charge in [-0.1, -0.05) is 77.8 Å². The van der Waals surface area contributed by atoms with Crippen molar-refractivity contribution < 1.29 is 9.59 Å². The zero-order valence-corrected chi connectivity index (χ0v) is 20.2. The third-order valence-electron chi connectivity index (χ3n) is 5.71. The van der Waals surface area contributed by atoms with E-state index in [0.29, 0.717) is 22.2 Å². The molecule has 0 aromatic heterocycles. The number of carbonyl (C=O) groups excluding carboxylic acids is 2. The number of thioether (sulfide) groups is 1. The van der Waals surface area contributed by atoms with Gasteiger partial charge in [0.1, 0.15) is 0 Å². The molecule has 1 aliphatic rings. The molecule has 1 saturated heterocycles. The van der Waals surface area contributed by atoms with E-state index in [2.05, 4.69) is 5.32 Å². The smallest absolute Gasteiger partial charge is 0.253 e. The van der Waals surface area contributed by atoms with Crippen molar-refractivity contribution in [1.82, 2.24) is 10.2 Å². The molecule has 1 fully saturated rings. The first-order chi connectivity index (χ1) is 16.0. The second-order valence-electron chi connectivity index (χ2n) is 7.85. The fraction of sp³-hybridized carbons (Fsp3) is 0.231. The zero-order valence-electron chi connectivity index (χ0n) is 17.9. The number of hydrogen-bond donors (Lipinski definition) is 1. The summed E-state index contributed by atoms with van der Waals surface area (Å²) in [5.41, 5.74) is 2.33. The molecule has 2 unspecified atom stereocenters. The Balaban J connectivity index is 1.56. The van der Waals surface area contributed by atoms with E-state index in [1.165, 1.54) is 0 Å². The fourth-order valence-corrected chi connectivity index (χ4v) is 5.41. The molecule has 0 saturated carbocycles. The topological polar surface area (TPSA) is 49.4 Å². The van der Waals surface area contributed by atoms with Gasteiger partial charge in [-0.2, -0.15) is 11.8 Å². The van der Waals surface area contributed by atoms with Crippen LogP contribution >= 0.6 is 35.0 Å². The Labute approximate surface area is 208 Å². The van der Waals surface area contributed by atoms with Gasteiger partial charge in [0.05, 0.1) is 29.1 Å². The second-order valence-corrected chi connectivity index (χ2v) is 9.84. The Kier molecular flexibility index (Phi) is 7.97. The average molecular weight is 499 g/mol. The molecule has 1 aliphatic heterocycles. The lowest BCUT2D eigenvalue weighted by Gasteiger charge is -2.37. The summed E-state index contributed by atoms with van der Waals surface area (Å²) < 4.78 is 0. The molecule has 3 aromatic rings. The fourth-order valence-electron chi connectivity index (χ4n) is 3.97. The number of halogens is 2. The first-order valence-corrected chi connectivity index (χ1v) is 12.7. The number of amides is 2. The van der Waals surface area contributed by atoms with Crippen LogP contribution < -0.4 is 5.32 Å². The van der Waals surface area contributed by atoms with E-state index in [0.717, 1.165) is 22.6 Å².